The maximum absolute atomic E-state index is 12.4. The summed E-state index contributed by atoms with van der Waals surface area (Å²) in [5, 5.41) is 11.2. The summed E-state index contributed by atoms with van der Waals surface area (Å²) in [4.78, 5) is 14.3. The monoisotopic (exact) mass is 339 g/mol. The van der Waals surface area contributed by atoms with E-state index in [1.165, 1.54) is 0 Å². The van der Waals surface area contributed by atoms with E-state index in [2.05, 4.69) is 0 Å². The second-order valence-electron chi connectivity index (χ2n) is 6.34. The normalized spacial score (nSPS) is 18.7. The Bertz CT molecular complexity index is 497. The van der Waals surface area contributed by atoms with Crippen LogP contribution in [0.4, 0.5) is 0 Å². The third-order valence-corrected chi connectivity index (χ3v) is 4.94. The minimum atomic E-state index is -0.490. The van der Waals surface area contributed by atoms with Crippen molar-refractivity contribution in [1.29, 1.82) is 0 Å². The van der Waals surface area contributed by atoms with E-state index in [1.807, 2.05) is 24.0 Å². The number of hydrogen-bond acceptors (Lipinski definition) is 3. The molecule has 0 spiro atoms. The van der Waals surface area contributed by atoms with Gasteiger partial charge in [-0.05, 0) is 42.9 Å². The highest BCUT2D eigenvalue weighted by Crippen LogP contribution is 2.31. The van der Waals surface area contributed by atoms with Crippen molar-refractivity contribution in [3.05, 3.63) is 34.9 Å². The number of carbonyl (C=O) groups is 1. The SMILES string of the molecule is COCCC(C)C(=O)N1CCC(C(O)c2ccc(Cl)cc2)CC1. The highest BCUT2D eigenvalue weighted by Gasteiger charge is 2.29. The van der Waals surface area contributed by atoms with E-state index in [0.29, 0.717) is 24.7 Å². The number of halogens is 1. The molecule has 0 aliphatic carbocycles. The summed E-state index contributed by atoms with van der Waals surface area (Å²) < 4.78 is 5.04. The Balaban J connectivity index is 1.85. The molecule has 1 amide bonds. The van der Waals surface area contributed by atoms with E-state index in [-0.39, 0.29) is 17.7 Å². The number of rotatable bonds is 6. The van der Waals surface area contributed by atoms with Gasteiger partial charge in [-0.1, -0.05) is 30.7 Å². The fourth-order valence-electron chi connectivity index (χ4n) is 3.10. The van der Waals surface area contributed by atoms with E-state index in [0.717, 1.165) is 24.8 Å². The van der Waals surface area contributed by atoms with Gasteiger partial charge in [0.05, 0.1) is 6.10 Å². The van der Waals surface area contributed by atoms with Crippen LogP contribution in [0.5, 0.6) is 0 Å². The van der Waals surface area contributed by atoms with E-state index in [1.54, 1.807) is 19.2 Å². The summed E-state index contributed by atoms with van der Waals surface area (Å²) in [6, 6.07) is 7.35. The number of aliphatic hydroxyl groups excluding tert-OH is 1. The maximum Gasteiger partial charge on any atom is 0.225 e. The Labute approximate surface area is 143 Å². The van der Waals surface area contributed by atoms with Gasteiger partial charge in [0.15, 0.2) is 0 Å². The molecule has 0 bridgehead atoms. The number of hydrogen-bond donors (Lipinski definition) is 1. The second-order valence-corrected chi connectivity index (χ2v) is 6.78. The van der Waals surface area contributed by atoms with Gasteiger partial charge in [0.2, 0.25) is 5.91 Å². The van der Waals surface area contributed by atoms with Crippen molar-refractivity contribution in [3.63, 3.8) is 0 Å². The van der Waals surface area contributed by atoms with Crippen molar-refractivity contribution < 1.29 is 14.6 Å². The molecule has 2 rings (SSSR count). The van der Waals surface area contributed by atoms with Gasteiger partial charge in [0, 0.05) is 37.7 Å². The molecule has 128 valence electrons. The highest BCUT2D eigenvalue weighted by molar-refractivity contribution is 6.30. The first-order valence-corrected chi connectivity index (χ1v) is 8.62. The standard InChI is InChI=1S/C18H26ClNO3/c1-13(9-12-23-2)18(22)20-10-7-15(8-11-20)17(21)14-3-5-16(19)6-4-14/h3-6,13,15,17,21H,7-12H2,1-2H3. The quantitative estimate of drug-likeness (QED) is 0.865. The molecule has 1 fully saturated rings. The zero-order valence-corrected chi connectivity index (χ0v) is 14.6. The summed E-state index contributed by atoms with van der Waals surface area (Å²) in [6.07, 6.45) is 1.91. The highest BCUT2D eigenvalue weighted by atomic mass is 35.5. The molecule has 23 heavy (non-hydrogen) atoms. The number of piperidine rings is 1. The fourth-order valence-corrected chi connectivity index (χ4v) is 3.22. The predicted octanol–water partition coefficient (Wildman–Crippen LogP) is 3.28. The summed E-state index contributed by atoms with van der Waals surface area (Å²) >= 11 is 5.89. The van der Waals surface area contributed by atoms with Crippen LogP contribution < -0.4 is 0 Å². The van der Waals surface area contributed by atoms with Crippen molar-refractivity contribution in [3.8, 4) is 0 Å². The van der Waals surface area contributed by atoms with Crippen LogP contribution in [-0.2, 0) is 9.53 Å². The number of carbonyl (C=O) groups excluding carboxylic acids is 1. The minimum absolute atomic E-state index is 0.00677. The number of amides is 1. The average Bonchev–Trinajstić information content (AvgIpc) is 2.59. The Hall–Kier alpha value is -1.10. The van der Waals surface area contributed by atoms with Crippen LogP contribution in [0.1, 0.15) is 37.9 Å². The molecule has 1 aliphatic heterocycles. The maximum atomic E-state index is 12.4. The lowest BCUT2D eigenvalue weighted by Gasteiger charge is -2.35. The Morgan fingerprint density at radius 2 is 1.96 bits per heavy atom. The molecule has 2 atom stereocenters. The van der Waals surface area contributed by atoms with Crippen LogP contribution in [0.3, 0.4) is 0 Å². The number of ether oxygens (including phenoxy) is 1. The van der Waals surface area contributed by atoms with Crippen molar-refractivity contribution in [1.82, 2.24) is 4.90 Å². The van der Waals surface area contributed by atoms with Crippen LogP contribution >= 0.6 is 11.6 Å². The van der Waals surface area contributed by atoms with Gasteiger partial charge in [0.25, 0.3) is 0 Å². The predicted molar refractivity (Wildman–Crippen MR) is 91.4 cm³/mol. The van der Waals surface area contributed by atoms with Gasteiger partial charge in [-0.3, -0.25) is 4.79 Å². The summed E-state index contributed by atoms with van der Waals surface area (Å²) in [7, 11) is 1.65. The van der Waals surface area contributed by atoms with E-state index < -0.39 is 6.10 Å². The zero-order chi connectivity index (χ0) is 16.8. The lowest BCUT2D eigenvalue weighted by atomic mass is 9.87. The Morgan fingerprint density at radius 3 is 2.52 bits per heavy atom. The first kappa shape index (κ1) is 18.2. The first-order chi connectivity index (χ1) is 11.0. The van der Waals surface area contributed by atoms with E-state index in [4.69, 9.17) is 16.3 Å². The molecular weight excluding hydrogens is 314 g/mol. The average molecular weight is 340 g/mol. The van der Waals surface area contributed by atoms with Gasteiger partial charge < -0.3 is 14.7 Å². The van der Waals surface area contributed by atoms with Gasteiger partial charge in [-0.2, -0.15) is 0 Å². The third kappa shape index (κ3) is 4.93. The number of likely N-dealkylation sites (tertiary alicyclic amines) is 1. The number of nitrogens with zero attached hydrogens (tertiary/aromatic N) is 1. The molecule has 1 saturated heterocycles. The smallest absolute Gasteiger partial charge is 0.225 e. The van der Waals surface area contributed by atoms with Gasteiger partial charge in [-0.25, -0.2) is 0 Å². The molecule has 1 aromatic rings. The van der Waals surface area contributed by atoms with E-state index >= 15 is 0 Å². The molecule has 4 nitrogen and oxygen atoms in total. The summed E-state index contributed by atoms with van der Waals surface area (Å²) in [5.74, 6) is 0.378. The summed E-state index contributed by atoms with van der Waals surface area (Å²) in [6.45, 7) is 3.99. The Kier molecular flexibility index (Phi) is 6.88. The third-order valence-electron chi connectivity index (χ3n) is 4.69. The van der Waals surface area contributed by atoms with Crippen molar-refractivity contribution in [2.45, 2.75) is 32.3 Å². The van der Waals surface area contributed by atoms with E-state index in [9.17, 15) is 9.90 Å². The largest absolute Gasteiger partial charge is 0.388 e. The molecule has 0 saturated carbocycles. The zero-order valence-electron chi connectivity index (χ0n) is 13.9. The second kappa shape index (κ2) is 8.67. The lowest BCUT2D eigenvalue weighted by Crippen LogP contribution is -2.42. The van der Waals surface area contributed by atoms with Crippen molar-refractivity contribution in [2.75, 3.05) is 26.8 Å². The van der Waals surface area contributed by atoms with Crippen molar-refractivity contribution >= 4 is 17.5 Å². The number of benzene rings is 1. The van der Waals surface area contributed by atoms with Crippen LogP contribution in [0, 0.1) is 11.8 Å². The molecular formula is C18H26ClNO3. The molecule has 1 heterocycles. The Morgan fingerprint density at radius 1 is 1.35 bits per heavy atom. The fraction of sp³-hybridized carbons (Fsp3) is 0.611. The molecule has 1 N–H and O–H groups in total. The molecule has 5 heteroatoms. The minimum Gasteiger partial charge on any atom is -0.388 e. The number of methoxy groups -OCH3 is 1. The lowest BCUT2D eigenvalue weighted by molar-refractivity contribution is -0.137. The van der Waals surface area contributed by atoms with Gasteiger partial charge in [-0.15, -0.1) is 0 Å². The summed E-state index contributed by atoms with van der Waals surface area (Å²) in [5.41, 5.74) is 0.896. The molecule has 2 unspecified atom stereocenters. The van der Waals surface area contributed by atoms with Gasteiger partial charge in [0.1, 0.15) is 0 Å². The molecule has 0 aromatic heterocycles. The number of aliphatic hydroxyl groups is 1. The van der Waals surface area contributed by atoms with Crippen LogP contribution in [0.2, 0.25) is 5.02 Å². The topological polar surface area (TPSA) is 49.8 Å². The molecule has 0 radical (unpaired) electrons. The molecule has 1 aromatic carbocycles. The van der Waals surface area contributed by atoms with Crippen LogP contribution in [0.15, 0.2) is 24.3 Å². The van der Waals surface area contributed by atoms with Crippen molar-refractivity contribution in [2.24, 2.45) is 11.8 Å². The molecule has 1 aliphatic rings. The van der Waals surface area contributed by atoms with Gasteiger partial charge >= 0.3 is 0 Å². The first-order valence-electron chi connectivity index (χ1n) is 8.24. The van der Waals surface area contributed by atoms with Crippen LogP contribution in [-0.4, -0.2) is 42.7 Å². The van der Waals surface area contributed by atoms with Crippen LogP contribution in [0.25, 0.3) is 0 Å².